The molecule has 1 aromatic rings. The van der Waals surface area contributed by atoms with Crippen molar-refractivity contribution >= 4 is 11.6 Å². The Hall–Kier alpha value is -0.730. The molecule has 0 unspecified atom stereocenters. The van der Waals surface area contributed by atoms with Crippen LogP contribution in [0.3, 0.4) is 0 Å². The van der Waals surface area contributed by atoms with Crippen LogP contribution in [0.1, 0.15) is 5.56 Å². The fourth-order valence-electron chi connectivity index (χ4n) is 0.767. The average molecular weight is 171 g/mol. The molecule has 0 bridgehead atoms. The van der Waals surface area contributed by atoms with Gasteiger partial charge < -0.3 is 10.5 Å². The summed E-state index contributed by atoms with van der Waals surface area (Å²) in [7, 11) is 1.56. The van der Waals surface area contributed by atoms with E-state index >= 15 is 0 Å². The summed E-state index contributed by atoms with van der Waals surface area (Å²) in [5, 5.41) is 0.490. The summed E-state index contributed by atoms with van der Waals surface area (Å²) >= 11 is 5.73. The smallest absolute Gasteiger partial charge is 0.138 e. The Labute approximate surface area is 70.9 Å². The zero-order chi connectivity index (χ0) is 8.27. The predicted molar refractivity (Wildman–Crippen MR) is 44.7 cm³/mol. The summed E-state index contributed by atoms with van der Waals surface area (Å²) in [5.74, 6) is 0.620. The highest BCUT2D eigenvalue weighted by Crippen LogP contribution is 2.23. The van der Waals surface area contributed by atoms with E-state index in [1.165, 1.54) is 0 Å². The van der Waals surface area contributed by atoms with E-state index in [9.17, 15) is 0 Å². The lowest BCUT2D eigenvalue weighted by Crippen LogP contribution is -1.96. The van der Waals surface area contributed by atoms with Gasteiger partial charge in [-0.1, -0.05) is 11.6 Å². The van der Waals surface area contributed by atoms with Crippen molar-refractivity contribution in [3.8, 4) is 5.75 Å². The van der Waals surface area contributed by atoms with Gasteiger partial charge in [0.05, 0.1) is 12.1 Å². The van der Waals surface area contributed by atoms with Crippen molar-refractivity contribution in [3.05, 3.63) is 28.8 Å². The molecule has 1 rings (SSSR count). The van der Waals surface area contributed by atoms with Gasteiger partial charge in [0.15, 0.2) is 0 Å². The van der Waals surface area contributed by atoms with E-state index in [1.807, 2.05) is 0 Å². The molecule has 0 heterocycles. The van der Waals surface area contributed by atoms with Crippen molar-refractivity contribution in [3.63, 3.8) is 0 Å². The van der Waals surface area contributed by atoms with Gasteiger partial charge in [-0.25, -0.2) is 0 Å². The lowest BCUT2D eigenvalue weighted by atomic mass is 10.2. The number of methoxy groups -OCH3 is 1. The van der Waals surface area contributed by atoms with Crippen LogP contribution in [0.4, 0.5) is 0 Å². The Kier molecular flexibility index (Phi) is 2.74. The van der Waals surface area contributed by atoms with Gasteiger partial charge in [-0.05, 0) is 17.7 Å². The van der Waals surface area contributed by atoms with Crippen molar-refractivity contribution in [1.82, 2.24) is 0 Å². The Morgan fingerprint density at radius 2 is 2.45 bits per heavy atom. The highest BCUT2D eigenvalue weighted by atomic mass is 35.5. The molecule has 59 valence electrons. The number of ether oxygens (including phenoxy) is 1. The molecule has 2 N–H and O–H groups in total. The lowest BCUT2D eigenvalue weighted by Gasteiger charge is -2.03. The van der Waals surface area contributed by atoms with Crippen LogP contribution in [0, 0.1) is 6.07 Å². The summed E-state index contributed by atoms with van der Waals surface area (Å²) in [5.41, 5.74) is 6.37. The fraction of sp³-hybridized carbons (Fsp3) is 0.250. The molecule has 0 amide bonds. The van der Waals surface area contributed by atoms with Gasteiger partial charge in [0, 0.05) is 12.6 Å². The number of hydrogen-bond acceptors (Lipinski definition) is 2. The lowest BCUT2D eigenvalue weighted by molar-refractivity contribution is 0.414. The van der Waals surface area contributed by atoms with Gasteiger partial charge in [0.1, 0.15) is 5.75 Å². The van der Waals surface area contributed by atoms with Crippen LogP contribution in [0.15, 0.2) is 12.1 Å². The van der Waals surface area contributed by atoms with Crippen molar-refractivity contribution < 1.29 is 4.74 Å². The second kappa shape index (κ2) is 3.60. The molecule has 0 spiro atoms. The van der Waals surface area contributed by atoms with Crippen LogP contribution >= 0.6 is 11.6 Å². The summed E-state index contributed by atoms with van der Waals surface area (Å²) in [6.45, 7) is 0.476. The molecular formula is C8H9ClNO. The van der Waals surface area contributed by atoms with Gasteiger partial charge in [0.25, 0.3) is 0 Å². The van der Waals surface area contributed by atoms with Crippen LogP contribution in [0.5, 0.6) is 5.75 Å². The summed E-state index contributed by atoms with van der Waals surface area (Å²) < 4.78 is 4.97. The number of rotatable bonds is 2. The molecule has 11 heavy (non-hydrogen) atoms. The van der Waals surface area contributed by atoms with Crippen molar-refractivity contribution in [2.75, 3.05) is 7.11 Å². The Balaban J connectivity index is 3.02. The molecule has 1 radical (unpaired) electrons. The number of benzene rings is 1. The summed E-state index contributed by atoms with van der Waals surface area (Å²) in [6, 6.07) is 6.39. The Morgan fingerprint density at radius 1 is 1.73 bits per heavy atom. The van der Waals surface area contributed by atoms with Crippen molar-refractivity contribution in [2.45, 2.75) is 6.54 Å². The van der Waals surface area contributed by atoms with E-state index in [4.69, 9.17) is 22.1 Å². The van der Waals surface area contributed by atoms with Crippen LogP contribution in [0.25, 0.3) is 0 Å². The standard InChI is InChI=1S/C8H9ClNO/c1-11-8-4-6(5-10)2-3-7(8)9/h2,4H,5,10H2,1H3. The monoisotopic (exact) mass is 170 g/mol. The first kappa shape index (κ1) is 8.37. The third-order valence-corrected chi connectivity index (χ3v) is 1.67. The molecule has 2 nitrogen and oxygen atoms in total. The van der Waals surface area contributed by atoms with Crippen molar-refractivity contribution in [2.24, 2.45) is 5.73 Å². The van der Waals surface area contributed by atoms with Crippen LogP contribution < -0.4 is 10.5 Å². The molecule has 0 atom stereocenters. The molecule has 1 aromatic carbocycles. The van der Waals surface area contributed by atoms with Crippen LogP contribution in [-0.4, -0.2) is 7.11 Å². The molecule has 0 aliphatic carbocycles. The topological polar surface area (TPSA) is 35.2 Å². The fourth-order valence-corrected chi connectivity index (χ4v) is 0.953. The quantitative estimate of drug-likeness (QED) is 0.732. The van der Waals surface area contributed by atoms with Crippen molar-refractivity contribution in [1.29, 1.82) is 0 Å². The number of hydrogen-bond donors (Lipinski definition) is 1. The van der Waals surface area contributed by atoms with E-state index in [2.05, 4.69) is 6.07 Å². The molecule has 0 saturated carbocycles. The SMILES string of the molecule is COc1cc(CN)c[c]c1Cl. The van der Waals surface area contributed by atoms with E-state index in [0.29, 0.717) is 17.3 Å². The van der Waals surface area contributed by atoms with Gasteiger partial charge in [-0.15, -0.1) is 0 Å². The molecule has 0 aliphatic rings. The minimum atomic E-state index is 0.476. The zero-order valence-corrected chi connectivity index (χ0v) is 6.98. The van der Waals surface area contributed by atoms with Crippen LogP contribution in [0.2, 0.25) is 5.02 Å². The first-order valence-electron chi connectivity index (χ1n) is 3.22. The zero-order valence-electron chi connectivity index (χ0n) is 6.23. The first-order chi connectivity index (χ1) is 5.27. The molecule has 0 aliphatic heterocycles. The van der Waals surface area contributed by atoms with E-state index in [1.54, 1.807) is 19.2 Å². The third-order valence-electron chi connectivity index (χ3n) is 1.37. The van der Waals surface area contributed by atoms with Gasteiger partial charge in [0.2, 0.25) is 0 Å². The Morgan fingerprint density at radius 3 is 3.00 bits per heavy atom. The normalized spacial score (nSPS) is 9.73. The predicted octanol–water partition coefficient (Wildman–Crippen LogP) is 1.61. The molecule has 0 saturated heterocycles. The minimum absolute atomic E-state index is 0.476. The van der Waals surface area contributed by atoms with Gasteiger partial charge >= 0.3 is 0 Å². The highest BCUT2D eigenvalue weighted by Gasteiger charge is 1.99. The largest absolute Gasteiger partial charge is 0.495 e. The summed E-state index contributed by atoms with van der Waals surface area (Å²) in [4.78, 5) is 0. The van der Waals surface area contributed by atoms with E-state index in [0.717, 1.165) is 5.56 Å². The molecule has 3 heteroatoms. The maximum atomic E-state index is 5.73. The summed E-state index contributed by atoms with van der Waals surface area (Å²) in [6.07, 6.45) is 0. The maximum absolute atomic E-state index is 5.73. The van der Waals surface area contributed by atoms with E-state index in [-0.39, 0.29) is 0 Å². The first-order valence-corrected chi connectivity index (χ1v) is 3.60. The molecular weight excluding hydrogens is 162 g/mol. The maximum Gasteiger partial charge on any atom is 0.138 e. The third kappa shape index (κ3) is 1.85. The van der Waals surface area contributed by atoms with E-state index < -0.39 is 0 Å². The van der Waals surface area contributed by atoms with Gasteiger partial charge in [-0.3, -0.25) is 0 Å². The minimum Gasteiger partial charge on any atom is -0.495 e. The molecule has 0 fully saturated rings. The second-order valence-corrected chi connectivity index (χ2v) is 2.47. The van der Waals surface area contributed by atoms with Crippen LogP contribution in [-0.2, 0) is 6.54 Å². The number of nitrogens with two attached hydrogens (primary N) is 1. The Bertz CT molecular complexity index is 250. The number of halogens is 1. The molecule has 0 aromatic heterocycles. The second-order valence-electron chi connectivity index (χ2n) is 2.09. The van der Waals surface area contributed by atoms with Gasteiger partial charge in [-0.2, -0.15) is 0 Å². The highest BCUT2D eigenvalue weighted by molar-refractivity contribution is 6.31. The average Bonchev–Trinajstić information content (AvgIpc) is 2.05.